The molecule has 1 amide bonds. The second-order valence-corrected chi connectivity index (χ2v) is 6.73. The van der Waals surface area contributed by atoms with Crippen molar-refractivity contribution in [2.45, 2.75) is 0 Å². The Labute approximate surface area is 156 Å². The van der Waals surface area contributed by atoms with Crippen LogP contribution < -0.4 is 5.32 Å². The predicted molar refractivity (Wildman–Crippen MR) is 100 cm³/mol. The molecule has 0 unspecified atom stereocenters. The average molecular weight is 388 g/mol. The fraction of sp³-hybridized carbons (Fsp3) is 0.0556. The van der Waals surface area contributed by atoms with Gasteiger partial charge in [-0.2, -0.15) is 11.3 Å². The predicted octanol–water partition coefficient (Wildman–Crippen LogP) is 4.21. The van der Waals surface area contributed by atoms with Crippen LogP contribution in [0, 0.1) is 5.82 Å². The summed E-state index contributed by atoms with van der Waals surface area (Å²) in [6, 6.07) is 7.77. The third kappa shape index (κ3) is 5.08. The first-order chi connectivity index (χ1) is 12.6. The van der Waals surface area contributed by atoms with E-state index in [2.05, 4.69) is 10.3 Å². The number of halogens is 1. The molecule has 0 saturated carbocycles. The van der Waals surface area contributed by atoms with Crippen molar-refractivity contribution < 1.29 is 18.7 Å². The molecule has 0 aliphatic heterocycles. The Morgan fingerprint density at radius 3 is 2.73 bits per heavy atom. The Hall–Kier alpha value is -2.84. The molecule has 0 aliphatic rings. The van der Waals surface area contributed by atoms with E-state index in [1.807, 2.05) is 16.8 Å². The van der Waals surface area contributed by atoms with Crippen molar-refractivity contribution in [1.82, 2.24) is 4.98 Å². The van der Waals surface area contributed by atoms with Gasteiger partial charge in [0.2, 0.25) is 0 Å². The molecular formula is C18H13FN2O3S2. The van der Waals surface area contributed by atoms with Gasteiger partial charge in [-0.25, -0.2) is 14.2 Å². The van der Waals surface area contributed by atoms with Gasteiger partial charge in [0.05, 0.1) is 5.69 Å². The van der Waals surface area contributed by atoms with Crippen LogP contribution in [0.25, 0.3) is 17.3 Å². The Bertz CT molecular complexity index is 918. The lowest BCUT2D eigenvalue weighted by Gasteiger charge is -2.02. The summed E-state index contributed by atoms with van der Waals surface area (Å²) >= 11 is 2.75. The van der Waals surface area contributed by atoms with Crippen LogP contribution in [0.4, 0.5) is 9.52 Å². The van der Waals surface area contributed by atoms with Crippen LogP contribution in [0.1, 0.15) is 5.56 Å². The SMILES string of the molecule is O=C(COC(=O)/C=C/c1ccsc1)Nc1nc(-c2ccc(F)cc2)cs1. The number of nitrogens with one attached hydrogen (secondary N) is 1. The smallest absolute Gasteiger partial charge is 0.331 e. The van der Waals surface area contributed by atoms with Gasteiger partial charge in [0.1, 0.15) is 5.82 Å². The van der Waals surface area contributed by atoms with E-state index in [4.69, 9.17) is 4.74 Å². The summed E-state index contributed by atoms with van der Waals surface area (Å²) in [6.07, 6.45) is 2.89. The monoisotopic (exact) mass is 388 g/mol. The molecule has 3 aromatic rings. The Kier molecular flexibility index (Phi) is 5.88. The van der Waals surface area contributed by atoms with Gasteiger partial charge >= 0.3 is 5.97 Å². The van der Waals surface area contributed by atoms with Crippen LogP contribution in [0.15, 0.2) is 52.5 Å². The van der Waals surface area contributed by atoms with E-state index in [9.17, 15) is 14.0 Å². The summed E-state index contributed by atoms with van der Waals surface area (Å²) in [5.74, 6) is -1.41. The lowest BCUT2D eigenvalue weighted by Crippen LogP contribution is -2.20. The van der Waals surface area contributed by atoms with Gasteiger partial charge in [0, 0.05) is 17.0 Å². The third-order valence-corrected chi connectivity index (χ3v) is 4.65. The summed E-state index contributed by atoms with van der Waals surface area (Å²) in [6.45, 7) is -0.404. The van der Waals surface area contributed by atoms with E-state index in [0.29, 0.717) is 10.8 Å². The number of anilines is 1. The first-order valence-corrected chi connectivity index (χ1v) is 9.31. The Morgan fingerprint density at radius 2 is 2.00 bits per heavy atom. The zero-order valence-corrected chi connectivity index (χ0v) is 15.0. The fourth-order valence-electron chi connectivity index (χ4n) is 1.96. The molecule has 0 fully saturated rings. The second kappa shape index (κ2) is 8.50. The number of thiophene rings is 1. The number of carbonyl (C=O) groups is 2. The minimum atomic E-state index is -0.600. The summed E-state index contributed by atoms with van der Waals surface area (Å²) in [7, 11) is 0. The number of rotatable bonds is 6. The van der Waals surface area contributed by atoms with Gasteiger partial charge in [-0.3, -0.25) is 10.1 Å². The maximum Gasteiger partial charge on any atom is 0.331 e. The van der Waals surface area contributed by atoms with Crippen molar-refractivity contribution in [2.75, 3.05) is 11.9 Å². The molecule has 8 heteroatoms. The van der Waals surface area contributed by atoms with Crippen molar-refractivity contribution >= 4 is 45.8 Å². The molecule has 1 aromatic carbocycles. The highest BCUT2D eigenvalue weighted by atomic mass is 32.1. The molecule has 0 bridgehead atoms. The Morgan fingerprint density at radius 1 is 1.19 bits per heavy atom. The molecule has 0 radical (unpaired) electrons. The molecule has 0 saturated heterocycles. The van der Waals surface area contributed by atoms with Crippen molar-refractivity contribution in [3.8, 4) is 11.3 Å². The van der Waals surface area contributed by atoms with Gasteiger partial charge in [-0.1, -0.05) is 0 Å². The number of esters is 1. The molecule has 26 heavy (non-hydrogen) atoms. The normalized spacial score (nSPS) is 10.8. The van der Waals surface area contributed by atoms with Crippen molar-refractivity contribution in [2.24, 2.45) is 0 Å². The largest absolute Gasteiger partial charge is 0.452 e. The highest BCUT2D eigenvalue weighted by Crippen LogP contribution is 2.24. The van der Waals surface area contributed by atoms with E-state index in [1.54, 1.807) is 23.6 Å². The molecule has 5 nitrogen and oxygen atoms in total. The maximum atomic E-state index is 12.9. The number of amides is 1. The summed E-state index contributed by atoms with van der Waals surface area (Å²) in [4.78, 5) is 27.7. The maximum absolute atomic E-state index is 12.9. The highest BCUT2D eigenvalue weighted by molar-refractivity contribution is 7.14. The topological polar surface area (TPSA) is 68.3 Å². The van der Waals surface area contributed by atoms with E-state index in [0.717, 1.165) is 11.1 Å². The van der Waals surface area contributed by atoms with E-state index < -0.39 is 18.5 Å². The van der Waals surface area contributed by atoms with Gasteiger partial charge in [0.15, 0.2) is 11.7 Å². The molecular weight excluding hydrogens is 375 g/mol. The van der Waals surface area contributed by atoms with Crippen molar-refractivity contribution in [3.05, 3.63) is 63.9 Å². The number of thiazole rings is 1. The van der Waals surface area contributed by atoms with Crippen molar-refractivity contribution in [3.63, 3.8) is 0 Å². The van der Waals surface area contributed by atoms with Crippen LogP contribution in [-0.2, 0) is 14.3 Å². The standard InChI is InChI=1S/C18H13FN2O3S2/c19-14-4-2-13(3-5-14)15-11-26-18(20-15)21-16(22)9-24-17(23)6-1-12-7-8-25-10-12/h1-8,10-11H,9H2,(H,20,21,22)/b6-1+. The number of hydrogen-bond donors (Lipinski definition) is 1. The second-order valence-electron chi connectivity index (χ2n) is 5.09. The number of carbonyl (C=O) groups excluding carboxylic acids is 2. The first kappa shape index (κ1) is 18.0. The number of benzene rings is 1. The molecule has 0 aliphatic carbocycles. The molecule has 132 valence electrons. The van der Waals surface area contributed by atoms with Crippen LogP contribution in [0.5, 0.6) is 0 Å². The summed E-state index contributed by atoms with van der Waals surface area (Å²) < 4.78 is 17.8. The van der Waals surface area contributed by atoms with E-state index >= 15 is 0 Å². The fourth-order valence-corrected chi connectivity index (χ4v) is 3.32. The summed E-state index contributed by atoms with van der Waals surface area (Å²) in [5, 5.41) is 8.47. The number of ether oxygens (including phenoxy) is 1. The summed E-state index contributed by atoms with van der Waals surface area (Å²) in [5.41, 5.74) is 2.27. The van der Waals surface area contributed by atoms with Crippen LogP contribution in [0.2, 0.25) is 0 Å². The third-order valence-electron chi connectivity index (χ3n) is 3.19. The van der Waals surface area contributed by atoms with Crippen LogP contribution in [0.3, 0.4) is 0 Å². The zero-order valence-electron chi connectivity index (χ0n) is 13.3. The van der Waals surface area contributed by atoms with Crippen LogP contribution >= 0.6 is 22.7 Å². The highest BCUT2D eigenvalue weighted by Gasteiger charge is 2.10. The zero-order chi connectivity index (χ0) is 18.4. The molecule has 0 atom stereocenters. The molecule has 2 heterocycles. The quantitative estimate of drug-likeness (QED) is 0.507. The van der Waals surface area contributed by atoms with Gasteiger partial charge in [-0.15, -0.1) is 11.3 Å². The Balaban J connectivity index is 1.49. The first-order valence-electron chi connectivity index (χ1n) is 7.48. The molecule has 0 spiro atoms. The lowest BCUT2D eigenvalue weighted by atomic mass is 10.2. The lowest BCUT2D eigenvalue weighted by molar-refractivity contribution is -0.142. The van der Waals surface area contributed by atoms with E-state index in [1.165, 1.54) is 40.9 Å². The minimum Gasteiger partial charge on any atom is -0.452 e. The molecule has 2 aromatic heterocycles. The number of nitrogens with zero attached hydrogens (tertiary/aromatic N) is 1. The minimum absolute atomic E-state index is 0.327. The molecule has 3 rings (SSSR count). The van der Waals surface area contributed by atoms with Gasteiger partial charge in [-0.05, 0) is 52.7 Å². The van der Waals surface area contributed by atoms with Crippen molar-refractivity contribution in [1.29, 1.82) is 0 Å². The number of aromatic nitrogens is 1. The van der Waals surface area contributed by atoms with Gasteiger partial charge < -0.3 is 4.74 Å². The number of hydrogen-bond acceptors (Lipinski definition) is 6. The van der Waals surface area contributed by atoms with Crippen LogP contribution in [-0.4, -0.2) is 23.5 Å². The van der Waals surface area contributed by atoms with Gasteiger partial charge in [0.25, 0.3) is 5.91 Å². The van der Waals surface area contributed by atoms with E-state index in [-0.39, 0.29) is 5.82 Å². The molecule has 1 N–H and O–H groups in total. The average Bonchev–Trinajstić information content (AvgIpc) is 3.31.